The lowest BCUT2D eigenvalue weighted by atomic mass is 9.75. The molecule has 0 spiro atoms. The lowest BCUT2D eigenvalue weighted by Crippen LogP contribution is -2.41. The maximum Gasteiger partial charge on any atom is 0.338 e. The van der Waals surface area contributed by atoms with Gasteiger partial charge in [-0.2, -0.15) is 0 Å². The largest absolute Gasteiger partial charge is 0.463 e. The second kappa shape index (κ2) is 8.44. The van der Waals surface area contributed by atoms with Crippen LogP contribution in [0.1, 0.15) is 37.7 Å². The maximum absolute atomic E-state index is 13.1. The van der Waals surface area contributed by atoms with E-state index in [4.69, 9.17) is 10.5 Å². The van der Waals surface area contributed by atoms with E-state index in [1.807, 2.05) is 42.5 Å². The summed E-state index contributed by atoms with van der Waals surface area (Å²) in [6.07, 6.45) is 3.52. The molecule has 30 heavy (non-hydrogen) atoms. The van der Waals surface area contributed by atoms with E-state index >= 15 is 0 Å². The first-order valence-corrected chi connectivity index (χ1v) is 10.7. The van der Waals surface area contributed by atoms with E-state index in [9.17, 15) is 9.59 Å². The molecule has 2 aromatic rings. The third-order valence-electron chi connectivity index (χ3n) is 5.36. The van der Waals surface area contributed by atoms with Gasteiger partial charge in [-0.15, -0.1) is 0 Å². The van der Waals surface area contributed by atoms with Crippen molar-refractivity contribution in [1.29, 1.82) is 0 Å². The maximum atomic E-state index is 13.1. The van der Waals surface area contributed by atoms with Crippen LogP contribution in [0.4, 0.5) is 5.82 Å². The van der Waals surface area contributed by atoms with E-state index in [1.165, 1.54) is 0 Å². The van der Waals surface area contributed by atoms with Crippen molar-refractivity contribution in [3.8, 4) is 0 Å². The number of nitrogens with two attached hydrogens (primary N) is 1. The molecule has 0 unspecified atom stereocenters. The lowest BCUT2D eigenvalue weighted by Gasteiger charge is -2.40. The summed E-state index contributed by atoms with van der Waals surface area (Å²) in [5.41, 5.74) is 9.15. The topological polar surface area (TPSA) is 85.5 Å². The molecule has 2 N–H and O–H groups in total. The van der Waals surface area contributed by atoms with Crippen molar-refractivity contribution in [3.63, 3.8) is 0 Å². The Labute approximate surface area is 183 Å². The number of hydrogen-bond donors (Lipinski definition) is 1. The minimum absolute atomic E-state index is 0.0292. The van der Waals surface area contributed by atoms with Crippen LogP contribution in [-0.4, -0.2) is 23.3 Å². The third kappa shape index (κ3) is 3.54. The van der Waals surface area contributed by atoms with Gasteiger partial charge in [0.25, 0.3) is 0 Å². The molecule has 0 bridgehead atoms. The molecule has 1 aliphatic heterocycles. The summed E-state index contributed by atoms with van der Waals surface area (Å²) < 4.78 is 6.18. The molecule has 1 atom stereocenters. The van der Waals surface area contributed by atoms with Crippen LogP contribution in [0.3, 0.4) is 0 Å². The Morgan fingerprint density at radius 1 is 1.23 bits per heavy atom. The van der Waals surface area contributed by atoms with Crippen LogP contribution in [0.2, 0.25) is 0 Å². The molecule has 0 fully saturated rings. The van der Waals surface area contributed by atoms with Crippen molar-refractivity contribution in [2.75, 3.05) is 11.5 Å². The van der Waals surface area contributed by atoms with Gasteiger partial charge in [0, 0.05) is 28.4 Å². The second-order valence-electron chi connectivity index (χ2n) is 7.17. The highest BCUT2D eigenvalue weighted by molar-refractivity contribution is 9.10. The highest BCUT2D eigenvalue weighted by Gasteiger charge is 2.43. The fourth-order valence-corrected chi connectivity index (χ4v) is 4.37. The quantitative estimate of drug-likeness (QED) is 0.678. The molecule has 0 saturated heterocycles. The zero-order valence-corrected chi connectivity index (χ0v) is 18.2. The summed E-state index contributed by atoms with van der Waals surface area (Å²) in [6.45, 7) is 1.97. The van der Waals surface area contributed by atoms with Crippen LogP contribution in [0.25, 0.3) is 0 Å². The molecule has 0 saturated carbocycles. The summed E-state index contributed by atoms with van der Waals surface area (Å²) in [4.78, 5) is 32.4. The number of halogens is 1. The van der Waals surface area contributed by atoms with Crippen molar-refractivity contribution in [2.24, 2.45) is 5.73 Å². The van der Waals surface area contributed by atoms with Crippen LogP contribution < -0.4 is 10.6 Å². The van der Waals surface area contributed by atoms with Gasteiger partial charge in [0.05, 0.1) is 18.1 Å². The number of hydrogen-bond acceptors (Lipinski definition) is 6. The van der Waals surface area contributed by atoms with Crippen LogP contribution in [0.15, 0.2) is 75.8 Å². The van der Waals surface area contributed by atoms with Crippen molar-refractivity contribution < 1.29 is 14.3 Å². The lowest BCUT2D eigenvalue weighted by molar-refractivity contribution is -0.138. The van der Waals surface area contributed by atoms with Gasteiger partial charge in [0.15, 0.2) is 5.78 Å². The normalized spacial score (nSPS) is 19.1. The number of ether oxygens (including phenoxy) is 1. The zero-order chi connectivity index (χ0) is 21.3. The fourth-order valence-electron chi connectivity index (χ4n) is 4.14. The van der Waals surface area contributed by atoms with E-state index in [-0.39, 0.29) is 23.8 Å². The van der Waals surface area contributed by atoms with Gasteiger partial charge in [-0.1, -0.05) is 30.3 Å². The average Bonchev–Trinajstić information content (AvgIpc) is 2.75. The van der Waals surface area contributed by atoms with E-state index in [0.717, 1.165) is 22.2 Å². The number of carbonyl (C=O) groups excluding carboxylic acids is 2. The predicted molar refractivity (Wildman–Crippen MR) is 117 cm³/mol. The first-order chi connectivity index (χ1) is 14.5. The van der Waals surface area contributed by atoms with E-state index in [1.54, 1.807) is 18.0 Å². The highest BCUT2D eigenvalue weighted by Crippen LogP contribution is 2.46. The fraction of sp³-hybridized carbons (Fsp3) is 0.261. The molecule has 1 aromatic carbocycles. The number of Topliss-reactive ketones (excluding diaryl/α,β-unsaturated/α-hetero) is 1. The summed E-state index contributed by atoms with van der Waals surface area (Å²) in [5.74, 6) is -0.228. The molecule has 2 aliphatic rings. The second-order valence-corrected chi connectivity index (χ2v) is 8.09. The van der Waals surface area contributed by atoms with E-state index in [2.05, 4.69) is 20.9 Å². The minimum atomic E-state index is -0.556. The number of nitrogens with zero attached hydrogens (tertiary/aromatic N) is 2. The van der Waals surface area contributed by atoms with Crippen molar-refractivity contribution >= 4 is 33.5 Å². The molecule has 6 nitrogen and oxygen atoms in total. The summed E-state index contributed by atoms with van der Waals surface area (Å²) in [6, 6.07) is 13.2. The van der Waals surface area contributed by atoms with Gasteiger partial charge in [0.2, 0.25) is 0 Å². The number of aromatic nitrogens is 1. The van der Waals surface area contributed by atoms with Gasteiger partial charge in [0.1, 0.15) is 11.6 Å². The first-order valence-electron chi connectivity index (χ1n) is 9.92. The Morgan fingerprint density at radius 3 is 2.67 bits per heavy atom. The molecular formula is C23H22BrN3O3. The Bertz CT molecular complexity index is 1050. The van der Waals surface area contributed by atoms with Gasteiger partial charge >= 0.3 is 5.97 Å². The molecule has 2 heterocycles. The number of carbonyl (C=O) groups is 2. The number of benzene rings is 1. The van der Waals surface area contributed by atoms with Gasteiger partial charge < -0.3 is 10.5 Å². The predicted octanol–water partition coefficient (Wildman–Crippen LogP) is 4.19. The third-order valence-corrected chi connectivity index (χ3v) is 5.83. The smallest absolute Gasteiger partial charge is 0.338 e. The van der Waals surface area contributed by atoms with Crippen LogP contribution in [0, 0.1) is 0 Å². The minimum Gasteiger partial charge on any atom is -0.463 e. The molecule has 0 radical (unpaired) electrons. The SMILES string of the molecule is CCOC(=O)C1=C(N)N(c2ccc(Br)cn2)C2=C(C(=O)CCC2)[C@@H]1c1ccccc1. The van der Waals surface area contributed by atoms with Crippen LogP contribution >= 0.6 is 15.9 Å². The van der Waals surface area contributed by atoms with Crippen molar-refractivity contribution in [2.45, 2.75) is 32.1 Å². The van der Waals surface area contributed by atoms with E-state index in [0.29, 0.717) is 24.2 Å². The molecule has 1 aromatic heterocycles. The van der Waals surface area contributed by atoms with Gasteiger partial charge in [-0.3, -0.25) is 9.69 Å². The molecule has 7 heteroatoms. The first kappa shape index (κ1) is 20.3. The molecule has 4 rings (SSSR count). The Balaban J connectivity index is 1.98. The summed E-state index contributed by atoms with van der Waals surface area (Å²) in [5, 5.41) is 0. The molecule has 1 aliphatic carbocycles. The number of allylic oxidation sites excluding steroid dienone is 2. The molecule has 0 amide bonds. The van der Waals surface area contributed by atoms with E-state index < -0.39 is 11.9 Å². The number of esters is 1. The summed E-state index contributed by atoms with van der Waals surface area (Å²) >= 11 is 3.39. The van der Waals surface area contributed by atoms with Crippen molar-refractivity contribution in [1.82, 2.24) is 4.98 Å². The number of rotatable bonds is 4. The Morgan fingerprint density at radius 2 is 2.00 bits per heavy atom. The Kier molecular flexibility index (Phi) is 5.72. The molecular weight excluding hydrogens is 446 g/mol. The summed E-state index contributed by atoms with van der Waals surface area (Å²) in [7, 11) is 0. The number of pyridine rings is 1. The Hall–Kier alpha value is -2.93. The highest BCUT2D eigenvalue weighted by atomic mass is 79.9. The van der Waals surface area contributed by atoms with Gasteiger partial charge in [-0.25, -0.2) is 9.78 Å². The monoisotopic (exact) mass is 467 g/mol. The standard InChI is InChI=1S/C23H22BrN3O3/c1-2-30-23(29)21-19(14-7-4-3-5-8-14)20-16(9-6-10-17(20)28)27(22(21)25)18-12-11-15(24)13-26-18/h3-5,7-8,11-13,19H,2,6,9-10,25H2,1H3/t19-/m0/s1. The van der Waals surface area contributed by atoms with Crippen molar-refractivity contribution in [3.05, 3.63) is 81.4 Å². The zero-order valence-electron chi connectivity index (χ0n) is 16.6. The number of ketones is 1. The number of anilines is 1. The van der Waals surface area contributed by atoms with Crippen LogP contribution in [0.5, 0.6) is 0 Å². The van der Waals surface area contributed by atoms with Crippen LogP contribution in [-0.2, 0) is 14.3 Å². The van der Waals surface area contributed by atoms with Gasteiger partial charge in [-0.05, 0) is 53.4 Å². The molecule has 154 valence electrons. The average molecular weight is 468 g/mol.